The molecule has 0 aliphatic heterocycles. The number of rotatable bonds is 10. The standard InChI is InChI=1S/C37H42NO.C15H28O2.Ir/c1-22(2)18-25-21-27-33(24-19-23-12-10-11-13-26(23)29(20-24)35(3,4)5)38-30-15-14-28-32(31(30)34(27)39-25)37(8,9)17-16-36(28,6)7;1-7-14(5,8-2)12(16)11-13(17)15(6,9-3)10-4;/h10-15,20-22H,16-18H2,1-9H3;11,16H,7-10H2,1-6H3;/q-1;;/b;12-11-;. The number of carbonyl (C=O) groups excluding carboxylic acids is 1. The van der Waals surface area contributed by atoms with E-state index in [1.165, 1.54) is 40.0 Å². The first-order valence-corrected chi connectivity index (χ1v) is 21.4. The largest absolute Gasteiger partial charge is 0.512 e. The number of ketones is 1. The van der Waals surface area contributed by atoms with Gasteiger partial charge in [0.25, 0.3) is 0 Å². The van der Waals surface area contributed by atoms with Gasteiger partial charge in [0, 0.05) is 59.9 Å². The number of pyridine rings is 1. The molecule has 5 aromatic rings. The molecular formula is C52H70IrNO3-. The van der Waals surface area contributed by atoms with Crippen molar-refractivity contribution in [3.8, 4) is 11.3 Å². The number of furan rings is 1. The van der Waals surface area contributed by atoms with Gasteiger partial charge in [-0.2, -0.15) is 0 Å². The first-order chi connectivity index (χ1) is 26.1. The molecule has 0 bridgehead atoms. The monoisotopic (exact) mass is 949 g/mol. The van der Waals surface area contributed by atoms with Gasteiger partial charge >= 0.3 is 0 Å². The van der Waals surface area contributed by atoms with Crippen LogP contribution in [-0.4, -0.2) is 15.9 Å². The van der Waals surface area contributed by atoms with Crippen molar-refractivity contribution >= 4 is 38.4 Å². The van der Waals surface area contributed by atoms with E-state index in [4.69, 9.17) is 9.40 Å². The third kappa shape index (κ3) is 9.16. The zero-order valence-electron chi connectivity index (χ0n) is 37.8. The normalized spacial score (nSPS) is 15.7. The Morgan fingerprint density at radius 2 is 1.46 bits per heavy atom. The summed E-state index contributed by atoms with van der Waals surface area (Å²) in [6.07, 6.45) is 8.01. The maximum atomic E-state index is 12.2. The van der Waals surface area contributed by atoms with Crippen molar-refractivity contribution in [2.75, 3.05) is 0 Å². The third-order valence-corrected chi connectivity index (χ3v) is 13.5. The summed E-state index contributed by atoms with van der Waals surface area (Å²) >= 11 is 0. The van der Waals surface area contributed by atoms with Gasteiger partial charge < -0.3 is 9.52 Å². The van der Waals surface area contributed by atoms with E-state index < -0.39 is 0 Å². The summed E-state index contributed by atoms with van der Waals surface area (Å²) in [6, 6.07) is 21.5. The number of aliphatic hydroxyl groups excluding tert-OH is 1. The van der Waals surface area contributed by atoms with Gasteiger partial charge in [0.2, 0.25) is 0 Å². The van der Waals surface area contributed by atoms with Crippen molar-refractivity contribution in [2.45, 2.75) is 165 Å². The molecule has 57 heavy (non-hydrogen) atoms. The molecule has 0 saturated carbocycles. The molecule has 2 heterocycles. The number of nitrogens with zero attached hydrogens (tertiary/aromatic N) is 1. The smallest absolute Gasteiger partial charge is 0.164 e. The Kier molecular flexibility index (Phi) is 14.0. The Hall–Kier alpha value is -3.27. The fraction of sp³-hybridized carbons (Fsp3) is 0.538. The summed E-state index contributed by atoms with van der Waals surface area (Å²) in [4.78, 5) is 17.6. The Morgan fingerprint density at radius 1 is 0.860 bits per heavy atom. The van der Waals surface area contributed by atoms with Crippen LogP contribution in [-0.2, 0) is 47.6 Å². The van der Waals surface area contributed by atoms with E-state index in [1.807, 2.05) is 41.5 Å². The number of allylic oxidation sites excluding steroid dienone is 2. The molecule has 2 aromatic heterocycles. The summed E-state index contributed by atoms with van der Waals surface area (Å²) in [6.45, 7) is 33.0. The SMILES string of the molecule is CC(C)Cc1cc2c(-c3[c-]c4ccccc4c(C(C)(C)C)c3)nc3ccc4c(c3c2o1)C(C)(C)CCC4(C)C.CCC(C)(CC)C(=O)/C=C(\O)C(C)(CC)CC.[Ir]. The number of aromatic nitrogens is 1. The van der Waals surface area contributed by atoms with Crippen LogP contribution in [0.2, 0.25) is 0 Å². The van der Waals surface area contributed by atoms with Gasteiger partial charge in [0.05, 0.1) is 5.52 Å². The summed E-state index contributed by atoms with van der Waals surface area (Å²) in [5.41, 5.74) is 7.78. The van der Waals surface area contributed by atoms with E-state index >= 15 is 0 Å². The zero-order chi connectivity index (χ0) is 41.6. The quantitative estimate of drug-likeness (QED) is 0.0861. The second-order valence-corrected chi connectivity index (χ2v) is 20.0. The molecule has 0 atom stereocenters. The fourth-order valence-electron chi connectivity index (χ4n) is 8.42. The van der Waals surface area contributed by atoms with Crippen LogP contribution in [0.4, 0.5) is 0 Å². The van der Waals surface area contributed by atoms with Crippen molar-refractivity contribution in [3.05, 3.63) is 88.9 Å². The van der Waals surface area contributed by atoms with Crippen LogP contribution in [0.1, 0.15) is 165 Å². The van der Waals surface area contributed by atoms with E-state index in [0.29, 0.717) is 5.92 Å². The molecular weight excluding hydrogens is 879 g/mol. The molecule has 0 unspecified atom stereocenters. The first-order valence-electron chi connectivity index (χ1n) is 21.4. The molecule has 1 radical (unpaired) electrons. The molecule has 311 valence electrons. The van der Waals surface area contributed by atoms with Crippen LogP contribution in [0.5, 0.6) is 0 Å². The van der Waals surface area contributed by atoms with Gasteiger partial charge in [-0.05, 0) is 83.9 Å². The summed E-state index contributed by atoms with van der Waals surface area (Å²) in [7, 11) is 0. The average Bonchev–Trinajstić information content (AvgIpc) is 3.57. The van der Waals surface area contributed by atoms with Crippen molar-refractivity contribution in [1.29, 1.82) is 0 Å². The van der Waals surface area contributed by atoms with Crippen molar-refractivity contribution in [1.82, 2.24) is 4.98 Å². The third-order valence-electron chi connectivity index (χ3n) is 13.5. The second kappa shape index (κ2) is 17.1. The van der Waals surface area contributed by atoms with E-state index in [9.17, 15) is 9.90 Å². The molecule has 0 spiro atoms. The minimum absolute atomic E-state index is 0. The van der Waals surface area contributed by atoms with Crippen LogP contribution in [0.3, 0.4) is 0 Å². The number of hydrogen-bond donors (Lipinski definition) is 1. The predicted octanol–water partition coefficient (Wildman–Crippen LogP) is 15.1. The Morgan fingerprint density at radius 3 is 2.04 bits per heavy atom. The number of hydrogen-bond acceptors (Lipinski definition) is 4. The average molecular weight is 949 g/mol. The van der Waals surface area contributed by atoms with Gasteiger partial charge in [-0.25, -0.2) is 0 Å². The van der Waals surface area contributed by atoms with Crippen LogP contribution >= 0.6 is 0 Å². The molecule has 0 saturated heterocycles. The number of aliphatic hydroxyl groups is 1. The molecule has 6 rings (SSSR count). The van der Waals surface area contributed by atoms with Crippen LogP contribution in [0.15, 0.2) is 64.8 Å². The number of benzene rings is 3. The molecule has 3 aromatic carbocycles. The van der Waals surface area contributed by atoms with E-state index in [-0.39, 0.29) is 58.7 Å². The molecule has 5 heteroatoms. The summed E-state index contributed by atoms with van der Waals surface area (Å²) in [5, 5.41) is 14.8. The predicted molar refractivity (Wildman–Crippen MR) is 239 cm³/mol. The Bertz CT molecular complexity index is 2250. The molecule has 1 aliphatic carbocycles. The summed E-state index contributed by atoms with van der Waals surface area (Å²) < 4.78 is 6.81. The van der Waals surface area contributed by atoms with E-state index in [0.717, 1.165) is 77.4 Å². The van der Waals surface area contributed by atoms with Gasteiger partial charge in [-0.1, -0.05) is 139 Å². The van der Waals surface area contributed by atoms with Gasteiger partial charge in [-0.15, -0.1) is 29.1 Å². The molecule has 0 fully saturated rings. The van der Waals surface area contributed by atoms with Gasteiger partial charge in [-0.3, -0.25) is 9.78 Å². The van der Waals surface area contributed by atoms with Gasteiger partial charge in [0.15, 0.2) is 5.78 Å². The molecule has 4 nitrogen and oxygen atoms in total. The van der Waals surface area contributed by atoms with Gasteiger partial charge in [0.1, 0.15) is 17.1 Å². The Balaban J connectivity index is 0.000000341. The molecule has 0 amide bonds. The van der Waals surface area contributed by atoms with Crippen molar-refractivity contribution < 1.29 is 34.4 Å². The minimum atomic E-state index is -0.337. The minimum Gasteiger partial charge on any atom is -0.512 e. The number of fused-ring (bicyclic) bond motifs is 6. The number of carbonyl (C=O) groups is 1. The van der Waals surface area contributed by atoms with Crippen molar-refractivity contribution in [2.24, 2.45) is 16.7 Å². The first kappa shape index (κ1) is 46.4. The second-order valence-electron chi connectivity index (χ2n) is 20.0. The van der Waals surface area contributed by atoms with E-state index in [2.05, 4.69) is 117 Å². The topological polar surface area (TPSA) is 63.3 Å². The maximum absolute atomic E-state index is 12.2. The molecule has 1 aliphatic rings. The van der Waals surface area contributed by atoms with Crippen LogP contribution in [0, 0.1) is 22.8 Å². The Labute approximate surface area is 358 Å². The summed E-state index contributed by atoms with van der Waals surface area (Å²) in [5.74, 6) is 1.84. The maximum Gasteiger partial charge on any atom is 0.164 e. The van der Waals surface area contributed by atoms with Crippen molar-refractivity contribution in [3.63, 3.8) is 0 Å². The van der Waals surface area contributed by atoms with Crippen LogP contribution in [0.25, 0.3) is 43.9 Å². The fourth-order valence-corrected chi connectivity index (χ4v) is 8.42. The zero-order valence-corrected chi connectivity index (χ0v) is 40.2. The van der Waals surface area contributed by atoms with E-state index in [1.54, 1.807) is 0 Å². The van der Waals surface area contributed by atoms with Crippen LogP contribution < -0.4 is 0 Å². The molecule has 1 N–H and O–H groups in total.